The van der Waals surface area contributed by atoms with Crippen LogP contribution in [0.1, 0.15) is 18.2 Å². The summed E-state index contributed by atoms with van der Waals surface area (Å²) >= 11 is 6.66. The molecule has 2 rings (SSSR count). The van der Waals surface area contributed by atoms with Gasteiger partial charge in [0.05, 0.1) is 5.02 Å². The van der Waals surface area contributed by atoms with Gasteiger partial charge in [0, 0.05) is 5.38 Å². The lowest BCUT2D eigenvalue weighted by atomic mass is 10.2. The van der Waals surface area contributed by atoms with Crippen LogP contribution in [0.4, 0.5) is 18.3 Å². The Morgan fingerprint density at radius 3 is 2.74 bits per heavy atom. The van der Waals surface area contributed by atoms with E-state index in [0.29, 0.717) is 22.1 Å². The first-order valence-corrected chi connectivity index (χ1v) is 7.69. The van der Waals surface area contributed by atoms with Crippen molar-refractivity contribution in [1.29, 1.82) is 0 Å². The van der Waals surface area contributed by atoms with E-state index in [4.69, 9.17) is 16.3 Å². The second kappa shape index (κ2) is 6.76. The summed E-state index contributed by atoms with van der Waals surface area (Å²) < 4.78 is 42.8. The number of carbonyl (C=O) groups is 1. The maximum Gasteiger partial charge on any atom is 0.434 e. The van der Waals surface area contributed by atoms with E-state index in [1.807, 2.05) is 6.92 Å². The minimum Gasteiger partial charge on any atom is -0.479 e. The smallest absolute Gasteiger partial charge is 0.434 e. The van der Waals surface area contributed by atoms with Gasteiger partial charge < -0.3 is 4.74 Å². The molecule has 2 aromatic rings. The van der Waals surface area contributed by atoms with Gasteiger partial charge in [0.25, 0.3) is 5.91 Å². The van der Waals surface area contributed by atoms with Crippen molar-refractivity contribution in [2.24, 2.45) is 0 Å². The van der Waals surface area contributed by atoms with Crippen molar-refractivity contribution in [3.05, 3.63) is 39.9 Å². The lowest BCUT2D eigenvalue weighted by molar-refractivity contribution is -0.140. The van der Waals surface area contributed by atoms with Crippen molar-refractivity contribution >= 4 is 34.0 Å². The number of aromatic nitrogens is 1. The first kappa shape index (κ1) is 17.6. The second-order valence-electron chi connectivity index (χ2n) is 4.72. The van der Waals surface area contributed by atoms with Crippen molar-refractivity contribution < 1.29 is 22.7 Å². The number of hydrogen-bond acceptors (Lipinski definition) is 4. The van der Waals surface area contributed by atoms with Crippen LogP contribution in [0, 0.1) is 6.92 Å². The van der Waals surface area contributed by atoms with Crippen LogP contribution in [0.3, 0.4) is 0 Å². The van der Waals surface area contributed by atoms with Crippen molar-refractivity contribution in [2.45, 2.75) is 26.1 Å². The van der Waals surface area contributed by atoms with Crippen LogP contribution in [0.2, 0.25) is 5.02 Å². The molecule has 1 amide bonds. The molecule has 0 aliphatic carbocycles. The van der Waals surface area contributed by atoms with Gasteiger partial charge in [-0.15, -0.1) is 11.3 Å². The molecule has 1 atom stereocenters. The summed E-state index contributed by atoms with van der Waals surface area (Å²) in [5, 5.41) is 3.31. The quantitative estimate of drug-likeness (QED) is 0.867. The zero-order valence-electron chi connectivity index (χ0n) is 12.1. The summed E-state index contributed by atoms with van der Waals surface area (Å²) in [6.07, 6.45) is -5.50. The number of nitrogens with one attached hydrogen (secondary N) is 1. The maximum atomic E-state index is 12.5. The van der Waals surface area contributed by atoms with Crippen LogP contribution in [-0.2, 0) is 11.0 Å². The topological polar surface area (TPSA) is 51.2 Å². The van der Waals surface area contributed by atoms with Crippen LogP contribution in [0.25, 0.3) is 0 Å². The van der Waals surface area contributed by atoms with E-state index in [1.54, 1.807) is 18.2 Å². The Morgan fingerprint density at radius 1 is 1.43 bits per heavy atom. The van der Waals surface area contributed by atoms with Crippen molar-refractivity contribution in [2.75, 3.05) is 5.32 Å². The molecule has 0 fully saturated rings. The fourth-order valence-electron chi connectivity index (χ4n) is 1.61. The van der Waals surface area contributed by atoms with E-state index in [0.717, 1.165) is 10.9 Å². The molecule has 1 aromatic heterocycles. The number of ether oxygens (including phenoxy) is 1. The van der Waals surface area contributed by atoms with Crippen molar-refractivity contribution in [1.82, 2.24) is 4.98 Å². The Balaban J connectivity index is 2.03. The summed E-state index contributed by atoms with van der Waals surface area (Å²) in [6.45, 7) is 3.30. The van der Waals surface area contributed by atoms with Gasteiger partial charge in [-0.2, -0.15) is 13.2 Å². The van der Waals surface area contributed by atoms with Crippen LogP contribution in [0.15, 0.2) is 23.6 Å². The summed E-state index contributed by atoms with van der Waals surface area (Å²) in [5.74, 6) is -0.296. The molecule has 1 aromatic carbocycles. The zero-order chi connectivity index (χ0) is 17.2. The molecular formula is C14H12ClF3N2O2S. The summed E-state index contributed by atoms with van der Waals surface area (Å²) in [7, 11) is 0. The third kappa shape index (κ3) is 4.59. The van der Waals surface area contributed by atoms with Gasteiger partial charge >= 0.3 is 6.18 Å². The Kier molecular flexibility index (Phi) is 5.16. The largest absolute Gasteiger partial charge is 0.479 e. The Labute approximate surface area is 139 Å². The highest BCUT2D eigenvalue weighted by Crippen LogP contribution is 2.32. The molecule has 124 valence electrons. The second-order valence-corrected chi connectivity index (χ2v) is 5.98. The first-order valence-electron chi connectivity index (χ1n) is 6.43. The molecule has 1 heterocycles. The number of aryl methyl sites for hydroxylation is 1. The minimum absolute atomic E-state index is 0.145. The van der Waals surface area contributed by atoms with Gasteiger partial charge in [-0.1, -0.05) is 17.7 Å². The first-order chi connectivity index (χ1) is 10.7. The highest BCUT2D eigenvalue weighted by Gasteiger charge is 2.34. The average molecular weight is 365 g/mol. The highest BCUT2D eigenvalue weighted by molar-refractivity contribution is 7.13. The Bertz CT molecular complexity index is 718. The number of nitrogens with zero attached hydrogens (tertiary/aromatic N) is 1. The molecule has 23 heavy (non-hydrogen) atoms. The number of anilines is 1. The zero-order valence-corrected chi connectivity index (χ0v) is 13.6. The molecule has 0 bridgehead atoms. The minimum atomic E-state index is -4.54. The molecule has 0 aliphatic heterocycles. The maximum absolute atomic E-state index is 12.5. The molecule has 9 heteroatoms. The molecule has 0 saturated heterocycles. The SMILES string of the molecule is Cc1ccc(Cl)c(OC(C)C(=O)Nc2nc(C(F)(F)F)cs2)c1. The molecule has 0 aliphatic rings. The van der Waals surface area contributed by atoms with Gasteiger partial charge in [-0.05, 0) is 31.5 Å². The lowest BCUT2D eigenvalue weighted by Gasteiger charge is -2.15. The lowest BCUT2D eigenvalue weighted by Crippen LogP contribution is -2.30. The number of benzene rings is 1. The van der Waals surface area contributed by atoms with E-state index in [2.05, 4.69) is 10.3 Å². The molecule has 0 saturated carbocycles. The number of alkyl halides is 3. The number of rotatable bonds is 4. The van der Waals surface area contributed by atoms with Crippen molar-refractivity contribution in [3.63, 3.8) is 0 Å². The van der Waals surface area contributed by atoms with Gasteiger partial charge in [0.1, 0.15) is 5.75 Å². The molecule has 4 nitrogen and oxygen atoms in total. The molecule has 0 radical (unpaired) electrons. The number of thiazole rings is 1. The standard InChI is InChI=1S/C14H12ClF3N2O2S/c1-7-3-4-9(15)10(5-7)22-8(2)12(21)20-13-19-11(6-23-13)14(16,17)18/h3-6,8H,1-2H3,(H,19,20,21). The Morgan fingerprint density at radius 2 is 2.13 bits per heavy atom. The van der Waals surface area contributed by atoms with E-state index in [9.17, 15) is 18.0 Å². The fourth-order valence-corrected chi connectivity index (χ4v) is 2.50. The molecule has 1 N–H and O–H groups in total. The number of halogens is 4. The summed E-state index contributed by atoms with van der Waals surface area (Å²) in [6, 6.07) is 5.08. The summed E-state index contributed by atoms with van der Waals surface area (Å²) in [5.41, 5.74) is -0.153. The third-order valence-electron chi connectivity index (χ3n) is 2.78. The molecule has 1 unspecified atom stereocenters. The van der Waals surface area contributed by atoms with Gasteiger partial charge in [-0.25, -0.2) is 4.98 Å². The van der Waals surface area contributed by atoms with Crippen LogP contribution >= 0.6 is 22.9 Å². The summed E-state index contributed by atoms with van der Waals surface area (Å²) in [4.78, 5) is 15.3. The van der Waals surface area contributed by atoms with Gasteiger partial charge in [-0.3, -0.25) is 10.1 Å². The van der Waals surface area contributed by atoms with Crippen LogP contribution in [0.5, 0.6) is 5.75 Å². The highest BCUT2D eigenvalue weighted by atomic mass is 35.5. The molecule has 0 spiro atoms. The predicted octanol–water partition coefficient (Wildman–Crippen LogP) is 4.53. The Hall–Kier alpha value is -1.80. The van der Waals surface area contributed by atoms with Crippen molar-refractivity contribution in [3.8, 4) is 5.75 Å². The van der Waals surface area contributed by atoms with Gasteiger partial charge in [0.15, 0.2) is 16.9 Å². The monoisotopic (exact) mass is 364 g/mol. The number of hydrogen-bond donors (Lipinski definition) is 1. The van der Waals surface area contributed by atoms with E-state index in [1.165, 1.54) is 6.92 Å². The predicted molar refractivity (Wildman–Crippen MR) is 82.0 cm³/mol. The van der Waals surface area contributed by atoms with Crippen LogP contribution in [-0.4, -0.2) is 17.0 Å². The van der Waals surface area contributed by atoms with E-state index < -0.39 is 23.9 Å². The third-order valence-corrected chi connectivity index (χ3v) is 3.85. The van der Waals surface area contributed by atoms with E-state index >= 15 is 0 Å². The number of carbonyl (C=O) groups excluding carboxylic acids is 1. The van der Waals surface area contributed by atoms with Crippen LogP contribution < -0.4 is 10.1 Å². The van der Waals surface area contributed by atoms with Gasteiger partial charge in [0.2, 0.25) is 0 Å². The molecular weight excluding hydrogens is 353 g/mol. The number of amides is 1. The fraction of sp³-hybridized carbons (Fsp3) is 0.286. The normalized spacial score (nSPS) is 12.8. The van der Waals surface area contributed by atoms with E-state index in [-0.39, 0.29) is 5.13 Å². The average Bonchev–Trinajstić information content (AvgIpc) is 2.91.